The predicted octanol–water partition coefficient (Wildman–Crippen LogP) is 4.15. The minimum Gasteiger partial charge on any atom is -0.238 e. The van der Waals surface area contributed by atoms with E-state index in [0.717, 1.165) is 0 Å². The average Bonchev–Trinajstić information content (AvgIpc) is 2.93. The van der Waals surface area contributed by atoms with E-state index in [1.165, 1.54) is 69.4 Å². The second-order valence-electron chi connectivity index (χ2n) is 6.23. The molecule has 1 spiro atoms. The lowest BCUT2D eigenvalue weighted by molar-refractivity contribution is -0.530. The summed E-state index contributed by atoms with van der Waals surface area (Å²) >= 11 is 2.21. The van der Waals surface area contributed by atoms with E-state index in [1.54, 1.807) is 0 Å². The highest BCUT2D eigenvalue weighted by molar-refractivity contribution is 8.01. The van der Waals surface area contributed by atoms with Crippen LogP contribution in [0, 0.1) is 0 Å². The third kappa shape index (κ3) is 3.66. The maximum Gasteiger partial charge on any atom is 0.155 e. The quantitative estimate of drug-likeness (QED) is 0.581. The number of nitrogens with zero attached hydrogens (tertiary/aromatic N) is 1. The third-order valence-electron chi connectivity index (χ3n) is 4.60. The fourth-order valence-corrected chi connectivity index (χ4v) is 5.02. The van der Waals surface area contributed by atoms with E-state index in [4.69, 9.17) is 0 Å². The number of hydrogen-bond acceptors (Lipinski definition) is 1. The highest BCUT2D eigenvalue weighted by Crippen LogP contribution is 2.41. The van der Waals surface area contributed by atoms with E-state index in [1.807, 2.05) is 0 Å². The van der Waals surface area contributed by atoms with Gasteiger partial charge in [0.2, 0.25) is 0 Å². The molecule has 1 nitrogen and oxygen atoms in total. The first-order valence-corrected chi connectivity index (χ1v) is 9.13. The standard InChI is InChI=1S/C18H26NS/c1-2-8-17(9-3-1)10-4-5-13-19-14-6-11-18(16-19)12-7-15-20-18/h1-3,8-9,16H,4-7,10-15H2/q+1. The van der Waals surface area contributed by atoms with Gasteiger partial charge in [-0.1, -0.05) is 30.3 Å². The molecule has 0 aliphatic carbocycles. The normalized spacial score (nSPS) is 25.9. The number of thioether (sulfide) groups is 1. The first kappa shape index (κ1) is 14.2. The maximum absolute atomic E-state index is 2.62. The summed E-state index contributed by atoms with van der Waals surface area (Å²) in [5.41, 5.74) is 1.48. The molecule has 1 fully saturated rings. The van der Waals surface area contributed by atoms with E-state index in [0.29, 0.717) is 4.75 Å². The van der Waals surface area contributed by atoms with Crippen molar-refractivity contribution in [1.82, 2.24) is 0 Å². The van der Waals surface area contributed by atoms with Gasteiger partial charge in [-0.15, -0.1) is 11.8 Å². The summed E-state index contributed by atoms with van der Waals surface area (Å²) in [6.07, 6.45) is 12.1. The van der Waals surface area contributed by atoms with Crippen LogP contribution in [0.3, 0.4) is 0 Å². The minimum absolute atomic E-state index is 0.525. The van der Waals surface area contributed by atoms with Crippen LogP contribution < -0.4 is 0 Å². The van der Waals surface area contributed by atoms with E-state index in [9.17, 15) is 0 Å². The van der Waals surface area contributed by atoms with Crippen molar-refractivity contribution in [1.29, 1.82) is 0 Å². The van der Waals surface area contributed by atoms with Gasteiger partial charge < -0.3 is 0 Å². The second kappa shape index (κ2) is 6.80. The van der Waals surface area contributed by atoms with Crippen molar-refractivity contribution in [3.8, 4) is 0 Å². The van der Waals surface area contributed by atoms with Crippen molar-refractivity contribution in [2.75, 3.05) is 18.8 Å². The largest absolute Gasteiger partial charge is 0.238 e. The predicted molar refractivity (Wildman–Crippen MR) is 89.1 cm³/mol. The Labute approximate surface area is 127 Å². The molecule has 2 aliphatic heterocycles. The van der Waals surface area contributed by atoms with Crippen LogP contribution in [0.1, 0.15) is 44.1 Å². The number of hydrogen-bond donors (Lipinski definition) is 0. The Morgan fingerprint density at radius 3 is 2.70 bits per heavy atom. The lowest BCUT2D eigenvalue weighted by Crippen LogP contribution is -2.36. The summed E-state index contributed by atoms with van der Waals surface area (Å²) < 4.78 is 3.14. The zero-order chi connectivity index (χ0) is 13.7. The first-order valence-electron chi connectivity index (χ1n) is 8.14. The minimum atomic E-state index is 0.525. The van der Waals surface area contributed by atoms with Gasteiger partial charge in [0, 0.05) is 12.8 Å². The average molecular weight is 288 g/mol. The van der Waals surface area contributed by atoms with Crippen molar-refractivity contribution in [2.24, 2.45) is 0 Å². The van der Waals surface area contributed by atoms with E-state index >= 15 is 0 Å². The summed E-state index contributed by atoms with van der Waals surface area (Å²) in [6.45, 7) is 2.54. The van der Waals surface area contributed by atoms with E-state index < -0.39 is 0 Å². The van der Waals surface area contributed by atoms with Gasteiger partial charge in [-0.2, -0.15) is 0 Å². The smallest absolute Gasteiger partial charge is 0.155 e. The number of unbranched alkanes of at least 4 members (excludes halogenated alkanes) is 1. The molecule has 108 valence electrons. The fraction of sp³-hybridized carbons (Fsp3) is 0.611. The molecule has 1 aromatic carbocycles. The van der Waals surface area contributed by atoms with E-state index in [2.05, 4.69) is 52.9 Å². The maximum atomic E-state index is 2.62. The summed E-state index contributed by atoms with van der Waals surface area (Å²) in [5.74, 6) is 1.37. The molecule has 2 aliphatic rings. The van der Waals surface area contributed by atoms with E-state index in [-0.39, 0.29) is 0 Å². The molecule has 2 heterocycles. The van der Waals surface area contributed by atoms with Crippen LogP contribution in [0.2, 0.25) is 0 Å². The molecule has 1 aromatic rings. The highest BCUT2D eigenvalue weighted by atomic mass is 32.2. The van der Waals surface area contributed by atoms with Crippen LogP contribution in [0.4, 0.5) is 0 Å². The van der Waals surface area contributed by atoms with Crippen LogP contribution in [-0.2, 0) is 6.42 Å². The molecule has 0 N–H and O–H groups in total. The SMILES string of the molecule is C1=[N+](CCCCc2ccccc2)CCCC12CCCS2. The van der Waals surface area contributed by atoms with Gasteiger partial charge in [0.15, 0.2) is 6.21 Å². The molecule has 0 saturated carbocycles. The van der Waals surface area contributed by atoms with Crippen LogP contribution in [0.25, 0.3) is 0 Å². The van der Waals surface area contributed by atoms with Gasteiger partial charge in [0.25, 0.3) is 0 Å². The Hall–Kier alpha value is -0.760. The summed E-state index contributed by atoms with van der Waals surface area (Å²) in [4.78, 5) is 0. The van der Waals surface area contributed by atoms with Gasteiger partial charge in [-0.05, 0) is 43.4 Å². The van der Waals surface area contributed by atoms with Gasteiger partial charge in [-0.25, -0.2) is 4.58 Å². The Kier molecular flexibility index (Phi) is 4.82. The molecular formula is C18H26NS+. The topological polar surface area (TPSA) is 3.01 Å². The van der Waals surface area contributed by atoms with Crippen LogP contribution in [0.5, 0.6) is 0 Å². The lowest BCUT2D eigenvalue weighted by atomic mass is 9.95. The number of benzene rings is 1. The summed E-state index contributed by atoms with van der Waals surface area (Å²) in [6, 6.07) is 10.9. The fourth-order valence-electron chi connectivity index (χ4n) is 3.53. The first-order chi connectivity index (χ1) is 9.86. The zero-order valence-electron chi connectivity index (χ0n) is 12.4. The van der Waals surface area contributed by atoms with Crippen molar-refractivity contribution in [2.45, 2.75) is 49.7 Å². The van der Waals surface area contributed by atoms with Crippen LogP contribution >= 0.6 is 11.8 Å². The van der Waals surface area contributed by atoms with Gasteiger partial charge in [0.05, 0.1) is 4.75 Å². The lowest BCUT2D eigenvalue weighted by Gasteiger charge is -2.25. The summed E-state index contributed by atoms with van der Waals surface area (Å²) in [7, 11) is 0. The highest BCUT2D eigenvalue weighted by Gasteiger charge is 2.38. The Balaban J connectivity index is 1.45. The second-order valence-corrected chi connectivity index (χ2v) is 7.74. The Morgan fingerprint density at radius 2 is 1.90 bits per heavy atom. The Morgan fingerprint density at radius 1 is 1.05 bits per heavy atom. The molecule has 3 rings (SSSR count). The van der Waals surface area contributed by atoms with Gasteiger partial charge in [0.1, 0.15) is 13.1 Å². The zero-order valence-corrected chi connectivity index (χ0v) is 13.2. The molecule has 0 amide bonds. The van der Waals surface area contributed by atoms with Crippen LogP contribution in [0.15, 0.2) is 30.3 Å². The molecule has 0 radical (unpaired) electrons. The van der Waals surface area contributed by atoms with Gasteiger partial charge in [-0.3, -0.25) is 0 Å². The Bertz CT molecular complexity index is 446. The molecule has 0 aromatic heterocycles. The number of rotatable bonds is 5. The van der Waals surface area contributed by atoms with Crippen molar-refractivity contribution >= 4 is 18.0 Å². The molecule has 1 atom stereocenters. The molecule has 2 heteroatoms. The summed E-state index contributed by atoms with van der Waals surface area (Å²) in [5, 5.41) is 0. The molecule has 0 bridgehead atoms. The van der Waals surface area contributed by atoms with Crippen molar-refractivity contribution in [3.05, 3.63) is 35.9 Å². The van der Waals surface area contributed by atoms with Crippen molar-refractivity contribution < 1.29 is 4.58 Å². The van der Waals surface area contributed by atoms with Gasteiger partial charge >= 0.3 is 0 Å². The molecule has 1 saturated heterocycles. The molecular weight excluding hydrogens is 262 g/mol. The third-order valence-corrected chi connectivity index (χ3v) is 6.18. The van der Waals surface area contributed by atoms with Crippen molar-refractivity contribution in [3.63, 3.8) is 0 Å². The number of aryl methyl sites for hydroxylation is 1. The molecule has 20 heavy (non-hydrogen) atoms. The monoisotopic (exact) mass is 288 g/mol. The van der Waals surface area contributed by atoms with Crippen LogP contribution in [-0.4, -0.2) is 34.4 Å². The molecule has 1 unspecified atom stereocenters.